The number of rotatable bonds is 7. The second kappa shape index (κ2) is 8.61. The minimum absolute atomic E-state index is 0.0638. The van der Waals surface area contributed by atoms with Crippen molar-refractivity contribution in [3.8, 4) is 5.69 Å². The molecule has 0 spiro atoms. The SMILES string of the molecule is Cc1nn(CC(C)C)c(C)c1CCC(=O)Nc1cc(Cl)ccc1-n1cccn1. The Hall–Kier alpha value is -2.60. The second-order valence-electron chi connectivity index (χ2n) is 7.39. The van der Waals surface area contributed by atoms with Gasteiger partial charge in [0.2, 0.25) is 5.91 Å². The van der Waals surface area contributed by atoms with Gasteiger partial charge in [-0.1, -0.05) is 25.4 Å². The molecule has 0 saturated carbocycles. The Morgan fingerprint density at radius 2 is 2.07 bits per heavy atom. The average molecular weight is 400 g/mol. The van der Waals surface area contributed by atoms with Crippen molar-refractivity contribution in [1.82, 2.24) is 19.6 Å². The van der Waals surface area contributed by atoms with Crippen molar-refractivity contribution in [3.05, 3.63) is 58.6 Å². The van der Waals surface area contributed by atoms with Crippen LogP contribution in [0.4, 0.5) is 5.69 Å². The number of nitrogens with zero attached hydrogens (tertiary/aromatic N) is 4. The summed E-state index contributed by atoms with van der Waals surface area (Å²) < 4.78 is 3.75. The van der Waals surface area contributed by atoms with E-state index in [0.29, 0.717) is 29.5 Å². The first kappa shape index (κ1) is 20.1. The highest BCUT2D eigenvalue weighted by Gasteiger charge is 2.15. The molecule has 0 fully saturated rings. The van der Waals surface area contributed by atoms with Crippen molar-refractivity contribution in [2.45, 2.75) is 47.1 Å². The monoisotopic (exact) mass is 399 g/mol. The van der Waals surface area contributed by atoms with Gasteiger partial charge in [-0.2, -0.15) is 10.2 Å². The van der Waals surface area contributed by atoms with Crippen LogP contribution in [0.15, 0.2) is 36.7 Å². The van der Waals surface area contributed by atoms with E-state index in [1.807, 2.05) is 29.9 Å². The number of aryl methyl sites for hydroxylation is 1. The molecule has 2 aromatic heterocycles. The molecule has 0 radical (unpaired) electrons. The Balaban J connectivity index is 1.71. The summed E-state index contributed by atoms with van der Waals surface area (Å²) >= 11 is 6.13. The van der Waals surface area contributed by atoms with Gasteiger partial charge in [-0.05, 0) is 56.0 Å². The van der Waals surface area contributed by atoms with Crippen molar-refractivity contribution in [2.24, 2.45) is 5.92 Å². The lowest BCUT2D eigenvalue weighted by Crippen LogP contribution is -2.15. The number of nitrogens with one attached hydrogen (secondary N) is 1. The number of aromatic nitrogens is 4. The predicted octanol–water partition coefficient (Wildman–Crippen LogP) is 4.57. The molecule has 28 heavy (non-hydrogen) atoms. The molecule has 0 bridgehead atoms. The Labute approximate surface area is 170 Å². The van der Waals surface area contributed by atoms with Gasteiger partial charge in [-0.25, -0.2) is 4.68 Å². The van der Waals surface area contributed by atoms with Crippen molar-refractivity contribution in [1.29, 1.82) is 0 Å². The standard InChI is InChI=1S/C21H26ClN5O/c1-14(2)13-27-16(4)18(15(3)25-27)7-9-21(28)24-19-12-17(22)6-8-20(19)26-11-5-10-23-26/h5-6,8,10-12,14H,7,9,13H2,1-4H3,(H,24,28). The molecule has 0 aliphatic carbocycles. The number of anilines is 1. The van der Waals surface area contributed by atoms with E-state index >= 15 is 0 Å². The van der Waals surface area contributed by atoms with E-state index in [0.717, 1.165) is 29.2 Å². The molecular weight excluding hydrogens is 374 g/mol. The van der Waals surface area contributed by atoms with E-state index in [1.165, 1.54) is 0 Å². The normalized spacial score (nSPS) is 11.2. The summed E-state index contributed by atoms with van der Waals surface area (Å²) in [5.41, 5.74) is 4.70. The minimum Gasteiger partial charge on any atom is -0.324 e. The molecule has 148 valence electrons. The van der Waals surface area contributed by atoms with Crippen LogP contribution >= 0.6 is 11.6 Å². The fourth-order valence-corrected chi connectivity index (χ4v) is 3.46. The van der Waals surface area contributed by atoms with Crippen molar-refractivity contribution < 1.29 is 4.79 Å². The summed E-state index contributed by atoms with van der Waals surface area (Å²) in [6.45, 7) is 9.30. The fraction of sp³-hybridized carbons (Fsp3) is 0.381. The number of carbonyl (C=O) groups excluding carboxylic acids is 1. The van der Waals surface area contributed by atoms with Crippen LogP contribution in [0.3, 0.4) is 0 Å². The van der Waals surface area contributed by atoms with Crippen molar-refractivity contribution in [2.75, 3.05) is 5.32 Å². The highest BCUT2D eigenvalue weighted by Crippen LogP contribution is 2.25. The molecule has 1 amide bonds. The third-order valence-electron chi connectivity index (χ3n) is 4.66. The van der Waals surface area contributed by atoms with Crippen LogP contribution < -0.4 is 5.32 Å². The minimum atomic E-state index is -0.0638. The maximum absolute atomic E-state index is 12.6. The predicted molar refractivity (Wildman–Crippen MR) is 112 cm³/mol. The van der Waals surface area contributed by atoms with Gasteiger partial charge in [-0.15, -0.1) is 0 Å². The van der Waals surface area contributed by atoms with E-state index < -0.39 is 0 Å². The van der Waals surface area contributed by atoms with Crippen LogP contribution in [0.2, 0.25) is 5.02 Å². The summed E-state index contributed by atoms with van der Waals surface area (Å²) in [6.07, 6.45) is 4.55. The van der Waals surface area contributed by atoms with Gasteiger partial charge in [-0.3, -0.25) is 9.48 Å². The lowest BCUT2D eigenvalue weighted by Gasteiger charge is -2.12. The molecule has 2 heterocycles. The number of halogens is 1. The van der Waals surface area contributed by atoms with E-state index in [-0.39, 0.29) is 5.91 Å². The van der Waals surface area contributed by atoms with Gasteiger partial charge >= 0.3 is 0 Å². The van der Waals surface area contributed by atoms with Crippen LogP contribution in [-0.2, 0) is 17.8 Å². The average Bonchev–Trinajstić information content (AvgIpc) is 3.23. The number of hydrogen-bond acceptors (Lipinski definition) is 3. The van der Waals surface area contributed by atoms with Crippen LogP contribution in [0, 0.1) is 19.8 Å². The number of carbonyl (C=O) groups is 1. The molecule has 6 nitrogen and oxygen atoms in total. The Kier molecular flexibility index (Phi) is 6.19. The summed E-state index contributed by atoms with van der Waals surface area (Å²) in [7, 11) is 0. The van der Waals surface area contributed by atoms with Crippen LogP contribution in [0.25, 0.3) is 5.69 Å². The summed E-state index contributed by atoms with van der Waals surface area (Å²) in [5.74, 6) is 0.462. The Morgan fingerprint density at radius 1 is 1.29 bits per heavy atom. The topological polar surface area (TPSA) is 64.7 Å². The van der Waals surface area contributed by atoms with Gasteiger partial charge in [0.05, 0.1) is 17.1 Å². The smallest absolute Gasteiger partial charge is 0.224 e. The molecule has 1 N–H and O–H groups in total. The zero-order valence-electron chi connectivity index (χ0n) is 16.7. The first-order valence-corrected chi connectivity index (χ1v) is 9.85. The first-order chi connectivity index (χ1) is 13.3. The quantitative estimate of drug-likeness (QED) is 0.633. The zero-order valence-corrected chi connectivity index (χ0v) is 17.5. The van der Waals surface area contributed by atoms with Crippen molar-refractivity contribution in [3.63, 3.8) is 0 Å². The molecule has 3 rings (SSSR count). The lowest BCUT2D eigenvalue weighted by molar-refractivity contribution is -0.116. The Bertz CT molecular complexity index is 960. The highest BCUT2D eigenvalue weighted by molar-refractivity contribution is 6.31. The van der Waals surface area contributed by atoms with E-state index in [4.69, 9.17) is 11.6 Å². The molecule has 1 aromatic carbocycles. The van der Waals surface area contributed by atoms with E-state index in [9.17, 15) is 4.79 Å². The lowest BCUT2D eigenvalue weighted by atomic mass is 10.1. The summed E-state index contributed by atoms with van der Waals surface area (Å²) in [4.78, 5) is 12.6. The van der Waals surface area contributed by atoms with E-state index in [1.54, 1.807) is 23.0 Å². The largest absolute Gasteiger partial charge is 0.324 e. The van der Waals surface area contributed by atoms with Gasteiger partial charge in [0.25, 0.3) is 0 Å². The summed E-state index contributed by atoms with van der Waals surface area (Å²) in [5, 5.41) is 12.4. The first-order valence-electron chi connectivity index (χ1n) is 9.47. The molecule has 0 unspecified atom stereocenters. The van der Waals surface area contributed by atoms with Crippen LogP contribution in [0.5, 0.6) is 0 Å². The van der Waals surface area contributed by atoms with Gasteiger partial charge in [0, 0.05) is 36.1 Å². The van der Waals surface area contributed by atoms with Crippen LogP contribution in [-0.4, -0.2) is 25.5 Å². The number of amides is 1. The fourth-order valence-electron chi connectivity index (χ4n) is 3.29. The molecule has 7 heteroatoms. The maximum Gasteiger partial charge on any atom is 0.224 e. The third kappa shape index (κ3) is 4.62. The highest BCUT2D eigenvalue weighted by atomic mass is 35.5. The summed E-state index contributed by atoms with van der Waals surface area (Å²) in [6, 6.07) is 7.20. The van der Waals surface area contributed by atoms with Gasteiger partial charge < -0.3 is 5.32 Å². The van der Waals surface area contributed by atoms with Crippen LogP contribution in [0.1, 0.15) is 37.2 Å². The molecule has 0 aliphatic heterocycles. The molecule has 0 atom stereocenters. The second-order valence-corrected chi connectivity index (χ2v) is 7.82. The Morgan fingerprint density at radius 3 is 2.75 bits per heavy atom. The zero-order chi connectivity index (χ0) is 20.3. The maximum atomic E-state index is 12.6. The molecule has 0 saturated heterocycles. The van der Waals surface area contributed by atoms with Crippen molar-refractivity contribution >= 4 is 23.2 Å². The molecular formula is C21H26ClN5O. The van der Waals surface area contributed by atoms with E-state index in [2.05, 4.69) is 36.3 Å². The third-order valence-corrected chi connectivity index (χ3v) is 4.89. The number of hydrogen-bond donors (Lipinski definition) is 1. The molecule has 3 aromatic rings. The molecule has 0 aliphatic rings. The van der Waals surface area contributed by atoms with Gasteiger partial charge in [0.1, 0.15) is 0 Å². The van der Waals surface area contributed by atoms with Gasteiger partial charge in [0.15, 0.2) is 0 Å². The number of benzene rings is 1.